The van der Waals surface area contributed by atoms with E-state index in [1.54, 1.807) is 30.3 Å². The van der Waals surface area contributed by atoms with Gasteiger partial charge in [-0.1, -0.05) is 12.1 Å². The maximum atomic E-state index is 13.5. The zero-order valence-corrected chi connectivity index (χ0v) is 16.1. The van der Waals surface area contributed by atoms with Crippen LogP contribution in [0.4, 0.5) is 4.39 Å². The number of nitriles is 2. The van der Waals surface area contributed by atoms with E-state index >= 15 is 0 Å². The molecule has 0 radical (unpaired) electrons. The Hall–Kier alpha value is -3.24. The van der Waals surface area contributed by atoms with Gasteiger partial charge in [-0.15, -0.1) is 0 Å². The maximum absolute atomic E-state index is 13.5. The molecule has 1 aliphatic rings. The number of hydrogen-bond donors (Lipinski definition) is 1. The molecule has 0 atom stereocenters. The summed E-state index contributed by atoms with van der Waals surface area (Å²) < 4.78 is 40.1. The normalized spacial score (nSPS) is 14.5. The molecule has 0 spiro atoms. The Morgan fingerprint density at radius 3 is 2.69 bits per heavy atom. The van der Waals surface area contributed by atoms with Crippen LogP contribution in [-0.4, -0.2) is 25.8 Å². The van der Waals surface area contributed by atoms with Gasteiger partial charge < -0.3 is 0 Å². The van der Waals surface area contributed by atoms with Gasteiger partial charge >= 0.3 is 0 Å². The number of hydroxylamine groups is 1. The molecule has 7 nitrogen and oxygen atoms in total. The second kappa shape index (κ2) is 8.84. The van der Waals surface area contributed by atoms with Crippen LogP contribution in [0.1, 0.15) is 23.1 Å². The second-order valence-corrected chi connectivity index (χ2v) is 8.24. The van der Waals surface area contributed by atoms with Gasteiger partial charge in [0.15, 0.2) is 0 Å². The van der Waals surface area contributed by atoms with Crippen LogP contribution in [0.25, 0.3) is 0 Å². The number of benzene rings is 2. The smallest absolute Gasteiger partial charge is 0.243 e. The van der Waals surface area contributed by atoms with Crippen LogP contribution in [-0.2, 0) is 21.5 Å². The molecule has 1 aliphatic heterocycles. The van der Waals surface area contributed by atoms with E-state index in [-0.39, 0.29) is 30.2 Å². The number of hydrogen-bond acceptors (Lipinski definition) is 6. The fourth-order valence-corrected chi connectivity index (χ4v) is 4.21. The molecule has 1 heterocycles. The molecule has 2 aromatic rings. The highest BCUT2D eigenvalue weighted by atomic mass is 32.2. The lowest BCUT2D eigenvalue weighted by Gasteiger charge is -2.26. The first-order valence-corrected chi connectivity index (χ1v) is 10.1. The molecular weight excluding hydrogens is 395 g/mol. The molecule has 0 bridgehead atoms. The zero-order chi connectivity index (χ0) is 20.9. The van der Waals surface area contributed by atoms with Crippen LogP contribution in [0.5, 0.6) is 0 Å². The summed E-state index contributed by atoms with van der Waals surface area (Å²) in [5.74, 6) is -0.756. The highest BCUT2D eigenvalue weighted by Gasteiger charge is 2.27. The van der Waals surface area contributed by atoms with Crippen molar-refractivity contribution >= 4 is 10.0 Å². The minimum absolute atomic E-state index is 0.117. The van der Waals surface area contributed by atoms with Gasteiger partial charge in [-0.3, -0.25) is 10.3 Å². The molecule has 2 aromatic carbocycles. The number of rotatable bonds is 6. The topological polar surface area (TPSA) is 106 Å². The molecule has 0 saturated carbocycles. The van der Waals surface area contributed by atoms with E-state index in [4.69, 9.17) is 15.4 Å². The van der Waals surface area contributed by atoms with Crippen LogP contribution >= 0.6 is 0 Å². The van der Waals surface area contributed by atoms with Crippen LogP contribution in [0.2, 0.25) is 0 Å². The van der Waals surface area contributed by atoms with Crippen molar-refractivity contribution < 1.29 is 17.6 Å². The summed E-state index contributed by atoms with van der Waals surface area (Å²) in [4.78, 5) is 5.32. The number of sulfonamides is 1. The molecule has 0 aromatic heterocycles. The molecule has 0 fully saturated rings. The summed E-state index contributed by atoms with van der Waals surface area (Å²) in [6, 6.07) is 13.9. The Morgan fingerprint density at radius 1 is 1.17 bits per heavy atom. The van der Waals surface area contributed by atoms with Crippen LogP contribution in [0.3, 0.4) is 0 Å². The summed E-state index contributed by atoms with van der Waals surface area (Å²) in [7, 11) is -3.83. The first-order chi connectivity index (χ1) is 13.9. The SMILES string of the molecule is N#Cc1cccc(CONC2=CCN(S(=O)(=O)c3ccc(F)c(C#N)c3)CC2)c1. The van der Waals surface area contributed by atoms with E-state index < -0.39 is 15.8 Å². The third-order valence-corrected chi connectivity index (χ3v) is 6.23. The second-order valence-electron chi connectivity index (χ2n) is 6.30. The molecule has 9 heteroatoms. The third kappa shape index (κ3) is 4.79. The summed E-state index contributed by atoms with van der Waals surface area (Å²) in [5.41, 5.74) is 4.62. The van der Waals surface area contributed by atoms with Gasteiger partial charge in [0.05, 0.1) is 28.7 Å². The molecule has 0 saturated heterocycles. The van der Waals surface area contributed by atoms with Gasteiger partial charge in [0.25, 0.3) is 0 Å². The third-order valence-electron chi connectivity index (χ3n) is 4.37. The van der Waals surface area contributed by atoms with Crippen LogP contribution < -0.4 is 5.48 Å². The quantitative estimate of drug-likeness (QED) is 0.731. The summed E-state index contributed by atoms with van der Waals surface area (Å²) in [6.45, 7) is 0.590. The molecular formula is C20H17FN4O3S. The van der Waals surface area contributed by atoms with E-state index in [2.05, 4.69) is 11.5 Å². The maximum Gasteiger partial charge on any atom is 0.243 e. The lowest BCUT2D eigenvalue weighted by molar-refractivity contribution is 0.0453. The van der Waals surface area contributed by atoms with Crippen LogP contribution in [0, 0.1) is 28.5 Å². The van der Waals surface area contributed by atoms with Gasteiger partial charge in [-0.25, -0.2) is 12.8 Å². The molecule has 0 unspecified atom stereocenters. The highest BCUT2D eigenvalue weighted by molar-refractivity contribution is 7.89. The average Bonchev–Trinajstić information content (AvgIpc) is 2.74. The van der Waals surface area contributed by atoms with E-state index in [9.17, 15) is 12.8 Å². The Bertz CT molecular complexity index is 1130. The van der Waals surface area contributed by atoms with Crippen molar-refractivity contribution in [2.75, 3.05) is 13.1 Å². The number of halogens is 1. The first kappa shape index (κ1) is 20.5. The van der Waals surface area contributed by atoms with Gasteiger partial charge in [0.1, 0.15) is 11.9 Å². The van der Waals surface area contributed by atoms with Crippen molar-refractivity contribution in [2.24, 2.45) is 0 Å². The van der Waals surface area contributed by atoms with Gasteiger partial charge in [0.2, 0.25) is 10.0 Å². The fraction of sp³-hybridized carbons (Fsp3) is 0.200. The molecule has 148 valence electrons. The van der Waals surface area contributed by atoms with E-state index in [1.807, 2.05) is 6.07 Å². The highest BCUT2D eigenvalue weighted by Crippen LogP contribution is 2.22. The molecule has 1 N–H and O–H groups in total. The minimum atomic E-state index is -3.83. The van der Waals surface area contributed by atoms with Crippen molar-refractivity contribution in [3.05, 3.63) is 76.7 Å². The first-order valence-electron chi connectivity index (χ1n) is 8.69. The molecule has 0 amide bonds. The van der Waals surface area contributed by atoms with Gasteiger partial charge in [-0.05, 0) is 42.0 Å². The van der Waals surface area contributed by atoms with Crippen molar-refractivity contribution in [3.63, 3.8) is 0 Å². The van der Waals surface area contributed by atoms with Crippen molar-refractivity contribution in [2.45, 2.75) is 17.9 Å². The predicted octanol–water partition coefficient (Wildman–Crippen LogP) is 2.57. The monoisotopic (exact) mass is 412 g/mol. The number of nitrogens with zero attached hydrogens (tertiary/aromatic N) is 3. The Kier molecular flexibility index (Phi) is 6.25. The largest absolute Gasteiger partial charge is 0.272 e. The Balaban J connectivity index is 1.60. The molecule has 29 heavy (non-hydrogen) atoms. The summed E-state index contributed by atoms with van der Waals surface area (Å²) >= 11 is 0. The lowest BCUT2D eigenvalue weighted by atomic mass is 10.1. The van der Waals surface area contributed by atoms with Gasteiger partial charge in [-0.2, -0.15) is 14.8 Å². The fourth-order valence-electron chi connectivity index (χ4n) is 2.80. The lowest BCUT2D eigenvalue weighted by Crippen LogP contribution is -2.36. The van der Waals surface area contributed by atoms with Crippen molar-refractivity contribution in [1.29, 1.82) is 10.5 Å². The zero-order valence-electron chi connectivity index (χ0n) is 15.3. The molecule has 3 rings (SSSR count). The predicted molar refractivity (Wildman–Crippen MR) is 102 cm³/mol. The van der Waals surface area contributed by atoms with Crippen LogP contribution in [0.15, 0.2) is 59.1 Å². The molecule has 0 aliphatic carbocycles. The van der Waals surface area contributed by atoms with Crippen molar-refractivity contribution in [3.8, 4) is 12.1 Å². The standard InChI is InChI=1S/C20H17FN4O3S/c21-20-5-4-19(11-17(20)13-23)29(26,27)25-8-6-18(7-9-25)24-28-14-16-3-1-2-15(10-16)12-22/h1-6,10-11,24H,7-9,14H2. The van der Waals surface area contributed by atoms with Crippen molar-refractivity contribution in [1.82, 2.24) is 9.79 Å². The average molecular weight is 412 g/mol. The summed E-state index contributed by atoms with van der Waals surface area (Å²) in [6.07, 6.45) is 2.10. The van der Waals surface area contributed by atoms with Gasteiger partial charge in [0, 0.05) is 25.2 Å². The minimum Gasteiger partial charge on any atom is -0.272 e. The number of nitrogens with one attached hydrogen (secondary N) is 1. The van der Waals surface area contributed by atoms with E-state index in [0.717, 1.165) is 29.5 Å². The Labute approximate surface area is 168 Å². The Morgan fingerprint density at radius 2 is 2.00 bits per heavy atom. The van der Waals surface area contributed by atoms with E-state index in [0.29, 0.717) is 12.0 Å². The summed E-state index contributed by atoms with van der Waals surface area (Å²) in [5, 5.41) is 17.8. The van der Waals surface area contributed by atoms with E-state index in [1.165, 1.54) is 4.31 Å².